The quantitative estimate of drug-likeness (QED) is 0.927. The topological polar surface area (TPSA) is 43.8 Å². The van der Waals surface area contributed by atoms with E-state index in [1.165, 1.54) is 0 Å². The smallest absolute Gasteiger partial charge is 0.305 e. The van der Waals surface area contributed by atoms with E-state index >= 15 is 0 Å². The summed E-state index contributed by atoms with van der Waals surface area (Å²) in [5, 5.41) is 10.2. The van der Waals surface area contributed by atoms with Crippen LogP contribution in [0, 0.1) is 0 Å². The van der Waals surface area contributed by atoms with Crippen molar-refractivity contribution in [2.24, 2.45) is 0 Å². The molecule has 1 atom stereocenters. The fraction of sp³-hybridized carbons (Fsp3) is 0.500. The number of aliphatic carboxylic acids is 1. The zero-order valence-electron chi connectivity index (χ0n) is 11.4. The Bertz CT molecular complexity index is 468. The second-order valence-corrected chi connectivity index (χ2v) is 6.03. The molecule has 0 spiro atoms. The highest BCUT2D eigenvalue weighted by Gasteiger charge is 2.26. The molecule has 1 aliphatic heterocycles. The lowest BCUT2D eigenvalue weighted by atomic mass is 10.0. The van der Waals surface area contributed by atoms with Gasteiger partial charge >= 0.3 is 5.97 Å². The number of hydrogen-bond donors (Lipinski definition) is 1. The van der Waals surface area contributed by atoms with Crippen LogP contribution in [0.2, 0.25) is 10.0 Å². The maximum absolute atomic E-state index is 11.2. The van der Waals surface area contributed by atoms with Crippen LogP contribution in [0.5, 0.6) is 0 Å². The molecule has 0 bridgehead atoms. The van der Waals surface area contributed by atoms with E-state index in [9.17, 15) is 4.79 Å². The van der Waals surface area contributed by atoms with Gasteiger partial charge in [0, 0.05) is 42.3 Å². The summed E-state index contributed by atoms with van der Waals surface area (Å²) in [5.74, 6) is -0.815. The van der Waals surface area contributed by atoms with Crippen LogP contribution >= 0.6 is 23.2 Å². The van der Waals surface area contributed by atoms with Gasteiger partial charge in [-0.05, 0) is 30.8 Å². The molecule has 6 heteroatoms. The second-order valence-electron chi connectivity index (χ2n) is 5.16. The molecule has 1 aliphatic rings. The van der Waals surface area contributed by atoms with Crippen LogP contribution in [0.15, 0.2) is 18.2 Å². The highest BCUT2D eigenvalue weighted by molar-refractivity contribution is 6.34. The molecule has 1 unspecified atom stereocenters. The lowest BCUT2D eigenvalue weighted by molar-refractivity contribution is -0.138. The summed E-state index contributed by atoms with van der Waals surface area (Å²) in [4.78, 5) is 15.6. The maximum atomic E-state index is 11.2. The van der Waals surface area contributed by atoms with Gasteiger partial charge in [-0.2, -0.15) is 0 Å². The minimum Gasteiger partial charge on any atom is -0.481 e. The summed E-state index contributed by atoms with van der Waals surface area (Å²) in [7, 11) is 2.07. The number of hydrogen-bond acceptors (Lipinski definition) is 3. The van der Waals surface area contributed by atoms with Crippen molar-refractivity contribution in [2.75, 3.05) is 33.2 Å². The molecule has 1 heterocycles. The number of nitrogens with zero attached hydrogens (tertiary/aromatic N) is 2. The average molecular weight is 317 g/mol. The Hall–Kier alpha value is -0.810. The van der Waals surface area contributed by atoms with Crippen LogP contribution in [0.4, 0.5) is 0 Å². The van der Waals surface area contributed by atoms with Crippen LogP contribution in [-0.2, 0) is 4.79 Å². The number of piperazine rings is 1. The van der Waals surface area contributed by atoms with Crippen molar-refractivity contribution >= 4 is 29.2 Å². The number of carbonyl (C=O) groups is 1. The Balaban J connectivity index is 2.24. The van der Waals surface area contributed by atoms with Crippen LogP contribution in [-0.4, -0.2) is 54.1 Å². The molecule has 2 rings (SSSR count). The fourth-order valence-corrected chi connectivity index (χ4v) is 3.07. The number of likely N-dealkylation sites (N-methyl/N-ethyl adjacent to an activating group) is 1. The monoisotopic (exact) mass is 316 g/mol. The van der Waals surface area contributed by atoms with E-state index in [1.54, 1.807) is 18.2 Å². The molecule has 0 saturated carbocycles. The Kier molecular flexibility index (Phi) is 5.27. The van der Waals surface area contributed by atoms with Gasteiger partial charge < -0.3 is 10.0 Å². The van der Waals surface area contributed by atoms with Gasteiger partial charge in [0.05, 0.1) is 6.42 Å². The first kappa shape index (κ1) is 15.6. The molecular formula is C14H18Cl2N2O2. The maximum Gasteiger partial charge on any atom is 0.305 e. The Morgan fingerprint density at radius 2 is 1.75 bits per heavy atom. The summed E-state index contributed by atoms with van der Waals surface area (Å²) < 4.78 is 0. The van der Waals surface area contributed by atoms with Gasteiger partial charge in [0.2, 0.25) is 0 Å². The van der Waals surface area contributed by atoms with Crippen LogP contribution in [0.25, 0.3) is 0 Å². The van der Waals surface area contributed by atoms with Gasteiger partial charge in [0.1, 0.15) is 0 Å². The Labute approximate surface area is 128 Å². The summed E-state index contributed by atoms with van der Waals surface area (Å²) in [6, 6.07) is 5.09. The molecule has 0 aromatic heterocycles. The van der Waals surface area contributed by atoms with E-state index < -0.39 is 5.97 Å². The highest BCUT2D eigenvalue weighted by atomic mass is 35.5. The lowest BCUT2D eigenvalue weighted by Crippen LogP contribution is -2.46. The van der Waals surface area contributed by atoms with Gasteiger partial charge in [0.25, 0.3) is 0 Å². The first-order chi connectivity index (χ1) is 9.45. The van der Waals surface area contributed by atoms with Crippen molar-refractivity contribution < 1.29 is 9.90 Å². The predicted molar refractivity (Wildman–Crippen MR) is 80.5 cm³/mol. The third kappa shape index (κ3) is 4.09. The van der Waals surface area contributed by atoms with Crippen molar-refractivity contribution in [2.45, 2.75) is 12.5 Å². The lowest BCUT2D eigenvalue weighted by Gasteiger charge is -2.37. The summed E-state index contributed by atoms with van der Waals surface area (Å²) >= 11 is 12.1. The van der Waals surface area contributed by atoms with Crippen LogP contribution in [0.1, 0.15) is 18.0 Å². The van der Waals surface area contributed by atoms with Crippen molar-refractivity contribution in [3.05, 3.63) is 33.8 Å². The van der Waals surface area contributed by atoms with Gasteiger partial charge in [-0.25, -0.2) is 0 Å². The summed E-state index contributed by atoms with van der Waals surface area (Å²) in [6.07, 6.45) is 0.0559. The average Bonchev–Trinajstić information content (AvgIpc) is 2.35. The van der Waals surface area contributed by atoms with Crippen LogP contribution < -0.4 is 0 Å². The second kappa shape index (κ2) is 6.76. The standard InChI is InChI=1S/C14H18Cl2N2O2/c1-17-2-4-18(5-3-17)13(9-14(19)20)10-6-11(15)8-12(16)7-10/h6-8,13H,2-5,9H2,1H3,(H,19,20). The van der Waals surface area contributed by atoms with Crippen LogP contribution in [0.3, 0.4) is 0 Å². The van der Waals surface area contributed by atoms with E-state index in [2.05, 4.69) is 16.8 Å². The molecule has 1 aromatic rings. The van der Waals surface area contributed by atoms with Gasteiger partial charge in [0.15, 0.2) is 0 Å². The normalized spacial score (nSPS) is 18.9. The number of carboxylic acid groups (broad SMARTS) is 1. The first-order valence-electron chi connectivity index (χ1n) is 6.56. The minimum absolute atomic E-state index is 0.0559. The number of halogens is 2. The molecule has 1 fully saturated rings. The molecule has 1 N–H and O–H groups in total. The van der Waals surface area contributed by atoms with E-state index in [-0.39, 0.29) is 12.5 Å². The zero-order chi connectivity index (χ0) is 14.7. The van der Waals surface area contributed by atoms with Crippen molar-refractivity contribution in [1.29, 1.82) is 0 Å². The molecule has 1 saturated heterocycles. The number of rotatable bonds is 4. The molecule has 1 aromatic carbocycles. The molecule has 0 radical (unpaired) electrons. The molecule has 110 valence electrons. The summed E-state index contributed by atoms with van der Waals surface area (Å²) in [5.41, 5.74) is 0.870. The van der Waals surface area contributed by atoms with Gasteiger partial charge in [-0.1, -0.05) is 23.2 Å². The van der Waals surface area contributed by atoms with Crippen molar-refractivity contribution in [3.8, 4) is 0 Å². The van der Waals surface area contributed by atoms with E-state index in [4.69, 9.17) is 28.3 Å². The number of carboxylic acids is 1. The molecule has 20 heavy (non-hydrogen) atoms. The first-order valence-corrected chi connectivity index (χ1v) is 7.31. The molecular weight excluding hydrogens is 299 g/mol. The highest BCUT2D eigenvalue weighted by Crippen LogP contribution is 2.30. The van der Waals surface area contributed by atoms with Crippen molar-refractivity contribution in [3.63, 3.8) is 0 Å². The van der Waals surface area contributed by atoms with Gasteiger partial charge in [-0.15, -0.1) is 0 Å². The third-order valence-corrected chi connectivity index (χ3v) is 4.05. The van der Waals surface area contributed by atoms with E-state index in [0.717, 1.165) is 31.7 Å². The van der Waals surface area contributed by atoms with Crippen molar-refractivity contribution in [1.82, 2.24) is 9.80 Å². The van der Waals surface area contributed by atoms with Gasteiger partial charge in [-0.3, -0.25) is 9.69 Å². The Morgan fingerprint density at radius 3 is 2.25 bits per heavy atom. The molecule has 4 nitrogen and oxygen atoms in total. The minimum atomic E-state index is -0.815. The molecule has 0 amide bonds. The SMILES string of the molecule is CN1CCN(C(CC(=O)O)c2cc(Cl)cc(Cl)c2)CC1. The third-order valence-electron chi connectivity index (χ3n) is 3.62. The summed E-state index contributed by atoms with van der Waals surface area (Å²) in [6.45, 7) is 3.56. The molecule has 0 aliphatic carbocycles. The predicted octanol–water partition coefficient (Wildman–Crippen LogP) is 2.76. The van der Waals surface area contributed by atoms with E-state index in [1.807, 2.05) is 0 Å². The zero-order valence-corrected chi connectivity index (χ0v) is 12.9. The largest absolute Gasteiger partial charge is 0.481 e. The number of benzene rings is 1. The fourth-order valence-electron chi connectivity index (χ4n) is 2.52. The van der Waals surface area contributed by atoms with E-state index in [0.29, 0.717) is 10.0 Å². The Morgan fingerprint density at radius 1 is 1.20 bits per heavy atom.